The fourth-order valence-corrected chi connectivity index (χ4v) is 6.99. The summed E-state index contributed by atoms with van der Waals surface area (Å²) in [5.74, 6) is -1.10. The van der Waals surface area contributed by atoms with Crippen LogP contribution in [0.2, 0.25) is 0 Å². The lowest BCUT2D eigenvalue weighted by molar-refractivity contribution is 0.0775. The Bertz CT molecular complexity index is 1590. The zero-order valence-electron chi connectivity index (χ0n) is 22.5. The zero-order valence-corrected chi connectivity index (χ0v) is 24.2. The quantitative estimate of drug-likeness (QED) is 0.240. The highest BCUT2D eigenvalue weighted by Crippen LogP contribution is 2.28. The SMILES string of the molecule is Cc1c(F)cccc1C(=O)NC(Cc1ccccc1)C(O)CN(CC(C)C)S(=O)(=O)c1ccc2nc(N)sc2c1. The summed E-state index contributed by atoms with van der Waals surface area (Å²) >= 11 is 1.20. The van der Waals surface area contributed by atoms with E-state index in [-0.39, 0.29) is 41.5 Å². The monoisotopic (exact) mass is 584 g/mol. The Morgan fingerprint density at radius 1 is 1.10 bits per heavy atom. The Morgan fingerprint density at radius 2 is 1.82 bits per heavy atom. The second-order valence-corrected chi connectivity index (χ2v) is 13.1. The van der Waals surface area contributed by atoms with Gasteiger partial charge in [0.05, 0.1) is 27.3 Å². The average molecular weight is 585 g/mol. The summed E-state index contributed by atoms with van der Waals surface area (Å²) in [6, 6.07) is 17.3. The molecule has 2 unspecified atom stereocenters. The minimum atomic E-state index is -4.02. The van der Waals surface area contributed by atoms with E-state index in [1.165, 1.54) is 52.9 Å². The fourth-order valence-electron chi connectivity index (χ4n) is 4.50. The highest BCUT2D eigenvalue weighted by atomic mass is 32.2. The maximum Gasteiger partial charge on any atom is 0.251 e. The van der Waals surface area contributed by atoms with Crippen molar-refractivity contribution < 1.29 is 22.7 Å². The molecule has 0 saturated heterocycles. The van der Waals surface area contributed by atoms with Crippen LogP contribution < -0.4 is 11.1 Å². The number of hydrogen-bond acceptors (Lipinski definition) is 7. The van der Waals surface area contributed by atoms with Gasteiger partial charge in [0.15, 0.2) is 5.13 Å². The van der Waals surface area contributed by atoms with Gasteiger partial charge in [-0.2, -0.15) is 4.31 Å². The molecule has 4 aromatic rings. The third kappa shape index (κ3) is 6.84. The molecule has 2 atom stereocenters. The zero-order chi connectivity index (χ0) is 29.0. The number of nitrogen functional groups attached to an aromatic ring is 1. The minimum Gasteiger partial charge on any atom is -0.390 e. The van der Waals surface area contributed by atoms with Crippen molar-refractivity contribution in [2.24, 2.45) is 5.92 Å². The van der Waals surface area contributed by atoms with Crippen LogP contribution in [0.15, 0.2) is 71.6 Å². The van der Waals surface area contributed by atoms with Gasteiger partial charge in [-0.05, 0) is 60.7 Å². The molecule has 1 amide bonds. The molecule has 40 heavy (non-hydrogen) atoms. The lowest BCUT2D eigenvalue weighted by atomic mass is 9.99. The molecule has 4 rings (SSSR count). The predicted molar refractivity (Wildman–Crippen MR) is 156 cm³/mol. The van der Waals surface area contributed by atoms with E-state index in [1.807, 2.05) is 44.2 Å². The summed E-state index contributed by atoms with van der Waals surface area (Å²) < 4.78 is 43.6. The molecule has 4 N–H and O–H groups in total. The lowest BCUT2D eigenvalue weighted by Gasteiger charge is -2.31. The van der Waals surface area contributed by atoms with Crippen molar-refractivity contribution in [3.63, 3.8) is 0 Å². The maximum atomic E-state index is 14.2. The Labute approximate surface area is 237 Å². The van der Waals surface area contributed by atoms with Crippen molar-refractivity contribution in [3.8, 4) is 0 Å². The van der Waals surface area contributed by atoms with E-state index in [0.717, 1.165) is 5.56 Å². The van der Waals surface area contributed by atoms with Gasteiger partial charge in [0.2, 0.25) is 10.0 Å². The standard InChI is InChI=1S/C29H33FN4O4S2/c1-18(2)16-34(40(37,38)21-12-13-24-27(15-21)39-29(31)33-24)17-26(35)25(14-20-8-5-4-6-9-20)32-28(36)22-10-7-11-23(30)19(22)3/h4-13,15,18,25-26,35H,14,16-17H2,1-3H3,(H2,31,33)(H,32,36). The Morgan fingerprint density at radius 3 is 2.52 bits per heavy atom. The molecule has 1 heterocycles. The molecule has 11 heteroatoms. The highest BCUT2D eigenvalue weighted by molar-refractivity contribution is 7.89. The molecule has 8 nitrogen and oxygen atoms in total. The molecule has 0 spiro atoms. The van der Waals surface area contributed by atoms with Crippen molar-refractivity contribution in [2.45, 2.75) is 44.2 Å². The first kappa shape index (κ1) is 29.6. The minimum absolute atomic E-state index is 0.0399. The normalized spacial score (nSPS) is 13.6. The maximum absolute atomic E-state index is 14.2. The third-order valence-corrected chi connectivity index (χ3v) is 9.24. The van der Waals surface area contributed by atoms with Crippen molar-refractivity contribution in [3.05, 3.63) is 89.2 Å². The second kappa shape index (κ2) is 12.4. The number of anilines is 1. The first-order valence-electron chi connectivity index (χ1n) is 12.9. The lowest BCUT2D eigenvalue weighted by Crippen LogP contribution is -2.51. The first-order chi connectivity index (χ1) is 19.0. The number of nitrogens with one attached hydrogen (secondary N) is 1. The summed E-state index contributed by atoms with van der Waals surface area (Å²) in [6.45, 7) is 5.17. The number of sulfonamides is 1. The number of fused-ring (bicyclic) bond motifs is 1. The van der Waals surface area contributed by atoms with Crippen molar-refractivity contribution in [1.29, 1.82) is 0 Å². The molecule has 0 aliphatic heterocycles. The molecule has 0 saturated carbocycles. The van der Waals surface area contributed by atoms with E-state index in [1.54, 1.807) is 6.07 Å². The summed E-state index contributed by atoms with van der Waals surface area (Å²) in [6.07, 6.45) is -1.03. The Hall–Kier alpha value is -3.38. The molecule has 3 aromatic carbocycles. The molecule has 0 aliphatic rings. The van der Waals surface area contributed by atoms with Crippen LogP contribution in [0.1, 0.15) is 35.3 Å². The Kier molecular flexibility index (Phi) is 9.19. The van der Waals surface area contributed by atoms with Crippen LogP contribution in [0.25, 0.3) is 10.2 Å². The molecule has 0 fully saturated rings. The van der Waals surface area contributed by atoms with Gasteiger partial charge in [-0.3, -0.25) is 4.79 Å². The fraction of sp³-hybridized carbons (Fsp3) is 0.310. The van der Waals surface area contributed by atoms with E-state index in [4.69, 9.17) is 5.73 Å². The van der Waals surface area contributed by atoms with Gasteiger partial charge in [-0.1, -0.05) is 61.6 Å². The average Bonchev–Trinajstić information content (AvgIpc) is 3.29. The van der Waals surface area contributed by atoms with Gasteiger partial charge in [0, 0.05) is 18.7 Å². The number of carbonyl (C=O) groups excluding carboxylic acids is 1. The Balaban J connectivity index is 1.64. The van der Waals surface area contributed by atoms with E-state index in [0.29, 0.717) is 15.3 Å². The molecule has 1 aromatic heterocycles. The van der Waals surface area contributed by atoms with E-state index in [2.05, 4.69) is 10.3 Å². The van der Waals surface area contributed by atoms with Gasteiger partial charge in [0.25, 0.3) is 5.91 Å². The number of halogens is 1. The summed E-state index contributed by atoms with van der Waals surface area (Å²) in [7, 11) is -4.02. The number of carbonyl (C=O) groups is 1. The van der Waals surface area contributed by atoms with Gasteiger partial charge < -0.3 is 16.2 Å². The van der Waals surface area contributed by atoms with E-state index in [9.17, 15) is 22.7 Å². The number of benzene rings is 3. The van der Waals surface area contributed by atoms with Crippen LogP contribution >= 0.6 is 11.3 Å². The van der Waals surface area contributed by atoms with Crippen LogP contribution in [-0.4, -0.2) is 54.0 Å². The smallest absolute Gasteiger partial charge is 0.251 e. The number of aromatic nitrogens is 1. The van der Waals surface area contributed by atoms with Crippen LogP contribution in [0.4, 0.5) is 9.52 Å². The van der Waals surface area contributed by atoms with Crippen LogP contribution in [0.5, 0.6) is 0 Å². The van der Waals surface area contributed by atoms with Crippen LogP contribution in [-0.2, 0) is 16.4 Å². The molecule has 212 valence electrons. The van der Waals surface area contributed by atoms with Gasteiger partial charge >= 0.3 is 0 Å². The molecular weight excluding hydrogens is 551 g/mol. The van der Waals surface area contributed by atoms with Crippen molar-refractivity contribution in [1.82, 2.24) is 14.6 Å². The highest BCUT2D eigenvalue weighted by Gasteiger charge is 2.32. The van der Waals surface area contributed by atoms with Gasteiger partial charge in [-0.15, -0.1) is 0 Å². The summed E-state index contributed by atoms with van der Waals surface area (Å²) in [4.78, 5) is 17.5. The van der Waals surface area contributed by atoms with E-state index < -0.39 is 33.9 Å². The largest absolute Gasteiger partial charge is 0.390 e. The van der Waals surface area contributed by atoms with Crippen molar-refractivity contribution >= 4 is 42.6 Å². The summed E-state index contributed by atoms with van der Waals surface area (Å²) in [5.41, 5.74) is 7.58. The number of aliphatic hydroxyl groups is 1. The molecular formula is C29H33FN4O4S2. The van der Waals surface area contributed by atoms with Crippen LogP contribution in [0.3, 0.4) is 0 Å². The third-order valence-electron chi connectivity index (χ3n) is 6.57. The number of thiazole rings is 1. The van der Waals surface area contributed by atoms with Crippen LogP contribution in [0, 0.1) is 18.7 Å². The number of rotatable bonds is 11. The number of amides is 1. The van der Waals surface area contributed by atoms with Gasteiger partial charge in [0.1, 0.15) is 5.82 Å². The molecule has 0 bridgehead atoms. The number of nitrogens with two attached hydrogens (primary N) is 1. The summed E-state index contributed by atoms with van der Waals surface area (Å²) in [5, 5.41) is 14.6. The van der Waals surface area contributed by atoms with Gasteiger partial charge in [-0.25, -0.2) is 17.8 Å². The van der Waals surface area contributed by atoms with Crippen molar-refractivity contribution in [2.75, 3.05) is 18.8 Å². The first-order valence-corrected chi connectivity index (χ1v) is 15.2. The topological polar surface area (TPSA) is 126 Å². The molecule has 0 aliphatic carbocycles. The predicted octanol–water partition coefficient (Wildman–Crippen LogP) is 4.37. The van der Waals surface area contributed by atoms with E-state index >= 15 is 0 Å². The number of aliphatic hydroxyl groups excluding tert-OH is 1. The molecule has 0 radical (unpaired) electrons. The second-order valence-electron chi connectivity index (χ2n) is 10.1. The number of nitrogens with zero attached hydrogens (tertiary/aromatic N) is 2. The number of hydrogen-bond donors (Lipinski definition) is 3.